The summed E-state index contributed by atoms with van der Waals surface area (Å²) in [4.78, 5) is 18.2. The number of hydrogen-bond acceptors (Lipinski definition) is 8. The maximum atomic E-state index is 16.4. The van der Waals surface area contributed by atoms with E-state index >= 15 is 4.39 Å². The molecule has 220 valence electrons. The summed E-state index contributed by atoms with van der Waals surface area (Å²) in [6.45, 7) is 7.24. The van der Waals surface area contributed by atoms with Crippen molar-refractivity contribution < 1.29 is 23.4 Å². The normalized spacial score (nSPS) is 24.1. The van der Waals surface area contributed by atoms with Crippen molar-refractivity contribution in [2.75, 3.05) is 50.9 Å². The zero-order valence-electron chi connectivity index (χ0n) is 23.5. The molecular weight excluding hydrogens is 552 g/mol. The van der Waals surface area contributed by atoms with Crippen LogP contribution in [0.3, 0.4) is 0 Å². The quantitative estimate of drug-likeness (QED) is 0.373. The number of anilines is 1. The molecule has 0 saturated carbocycles. The highest BCUT2D eigenvalue weighted by Crippen LogP contribution is 2.42. The Balaban J connectivity index is 1.44. The van der Waals surface area contributed by atoms with E-state index in [-0.39, 0.29) is 58.8 Å². The Bertz CT molecular complexity index is 1440. The lowest BCUT2D eigenvalue weighted by molar-refractivity contribution is 0.107. The van der Waals surface area contributed by atoms with E-state index in [0.29, 0.717) is 29.7 Å². The molecule has 0 unspecified atom stereocenters. The van der Waals surface area contributed by atoms with Crippen LogP contribution in [0.1, 0.15) is 46.0 Å². The molecule has 0 aliphatic carbocycles. The third-order valence-electron chi connectivity index (χ3n) is 8.63. The Morgan fingerprint density at radius 1 is 1.15 bits per heavy atom. The lowest BCUT2D eigenvalue weighted by Gasteiger charge is -2.39. The molecule has 0 bridgehead atoms. The molecule has 3 aliphatic rings. The number of pyridine rings is 1. The van der Waals surface area contributed by atoms with Crippen LogP contribution in [0, 0.1) is 11.2 Å². The first-order chi connectivity index (χ1) is 19.7. The molecule has 2 atom stereocenters. The summed E-state index contributed by atoms with van der Waals surface area (Å²) in [5, 5.41) is 10.0. The van der Waals surface area contributed by atoms with Crippen LogP contribution in [0.4, 0.5) is 14.6 Å². The number of halogens is 3. The first-order valence-corrected chi connectivity index (χ1v) is 14.7. The average Bonchev–Trinajstić information content (AvgIpc) is 3.46. The van der Waals surface area contributed by atoms with Gasteiger partial charge in [0, 0.05) is 37.8 Å². The number of alkyl halides is 1. The van der Waals surface area contributed by atoms with Crippen molar-refractivity contribution >= 4 is 28.3 Å². The number of hydrogen-bond donors (Lipinski definition) is 1. The molecule has 3 saturated heterocycles. The summed E-state index contributed by atoms with van der Waals surface area (Å²) in [6.07, 6.45) is 5.03. The molecule has 1 aromatic carbocycles. The largest absolute Gasteiger partial charge is 0.489 e. The van der Waals surface area contributed by atoms with E-state index in [1.807, 2.05) is 0 Å². The van der Waals surface area contributed by atoms with Gasteiger partial charge in [-0.2, -0.15) is 9.97 Å². The Labute approximate surface area is 243 Å². The second-order valence-electron chi connectivity index (χ2n) is 12.3. The average molecular weight is 588 g/mol. The van der Waals surface area contributed by atoms with Crippen LogP contribution in [0.5, 0.6) is 11.8 Å². The van der Waals surface area contributed by atoms with Crippen LogP contribution in [-0.4, -0.2) is 82.7 Å². The number of fused-ring (bicyclic) bond motifs is 2. The van der Waals surface area contributed by atoms with Crippen LogP contribution >= 0.6 is 11.6 Å². The van der Waals surface area contributed by atoms with Crippen molar-refractivity contribution in [3.63, 3.8) is 0 Å². The second-order valence-corrected chi connectivity index (χ2v) is 12.7. The molecule has 3 aromatic rings. The zero-order chi connectivity index (χ0) is 28.8. The number of ether oxygens (including phenoxy) is 2. The molecule has 0 amide bonds. The Morgan fingerprint density at radius 3 is 2.78 bits per heavy atom. The maximum absolute atomic E-state index is 16.4. The fourth-order valence-electron chi connectivity index (χ4n) is 6.76. The molecule has 5 heterocycles. The zero-order valence-corrected chi connectivity index (χ0v) is 24.3. The van der Waals surface area contributed by atoms with Crippen LogP contribution in [0.25, 0.3) is 22.2 Å². The minimum Gasteiger partial charge on any atom is -0.489 e. The van der Waals surface area contributed by atoms with Gasteiger partial charge in [0.2, 0.25) is 0 Å². The second kappa shape index (κ2) is 11.1. The molecule has 6 rings (SSSR count). The maximum Gasteiger partial charge on any atom is 0.319 e. The van der Waals surface area contributed by atoms with Crippen LogP contribution in [0.2, 0.25) is 5.02 Å². The van der Waals surface area contributed by atoms with E-state index in [2.05, 4.69) is 33.6 Å². The smallest absolute Gasteiger partial charge is 0.319 e. The van der Waals surface area contributed by atoms with Gasteiger partial charge in [-0.05, 0) is 49.8 Å². The first kappa shape index (κ1) is 28.3. The van der Waals surface area contributed by atoms with Crippen LogP contribution in [0.15, 0.2) is 24.4 Å². The number of aromatic nitrogens is 3. The van der Waals surface area contributed by atoms with Gasteiger partial charge < -0.3 is 19.5 Å². The highest BCUT2D eigenvalue weighted by atomic mass is 35.5. The number of para-hydroxylation sites is 1. The van der Waals surface area contributed by atoms with Crippen molar-refractivity contribution in [3.8, 4) is 23.0 Å². The van der Waals surface area contributed by atoms with Crippen molar-refractivity contribution in [2.24, 2.45) is 5.41 Å². The van der Waals surface area contributed by atoms with Gasteiger partial charge >= 0.3 is 6.01 Å². The summed E-state index contributed by atoms with van der Waals surface area (Å²) in [6, 6.07) is 5.07. The predicted octanol–water partition coefficient (Wildman–Crippen LogP) is 5.44. The molecule has 3 aliphatic heterocycles. The van der Waals surface area contributed by atoms with Gasteiger partial charge in [0.15, 0.2) is 5.82 Å². The van der Waals surface area contributed by atoms with E-state index in [1.54, 1.807) is 24.4 Å². The van der Waals surface area contributed by atoms with E-state index in [4.69, 9.17) is 26.1 Å². The molecule has 3 fully saturated rings. The van der Waals surface area contributed by atoms with Crippen molar-refractivity contribution in [2.45, 2.75) is 57.7 Å². The SMILES string of the molecule is CC1(C)CCCN(c2nc(OC[C@@]34CCCN3C[C@H](F)C4)nc3c(F)c(-c4cccc(Cl)c4OCCO)ncc23)C1. The summed E-state index contributed by atoms with van der Waals surface area (Å²) < 4.78 is 42.7. The van der Waals surface area contributed by atoms with E-state index < -0.39 is 12.0 Å². The first-order valence-electron chi connectivity index (χ1n) is 14.4. The Morgan fingerprint density at radius 2 is 1.98 bits per heavy atom. The monoisotopic (exact) mass is 587 g/mol. The highest BCUT2D eigenvalue weighted by molar-refractivity contribution is 6.32. The minimum absolute atomic E-state index is 0.000506. The van der Waals surface area contributed by atoms with Crippen molar-refractivity contribution in [1.82, 2.24) is 19.9 Å². The van der Waals surface area contributed by atoms with Crippen LogP contribution < -0.4 is 14.4 Å². The molecule has 41 heavy (non-hydrogen) atoms. The number of piperidine rings is 1. The third-order valence-corrected chi connectivity index (χ3v) is 8.93. The van der Waals surface area contributed by atoms with Gasteiger partial charge in [-0.3, -0.25) is 9.88 Å². The fourth-order valence-corrected chi connectivity index (χ4v) is 6.99. The van der Waals surface area contributed by atoms with Gasteiger partial charge in [0.1, 0.15) is 42.2 Å². The molecular formula is C30H36ClF2N5O3. The molecule has 8 nitrogen and oxygen atoms in total. The topological polar surface area (TPSA) is 83.8 Å². The van der Waals surface area contributed by atoms with E-state index in [1.165, 1.54) is 0 Å². The van der Waals surface area contributed by atoms with Gasteiger partial charge in [0.25, 0.3) is 0 Å². The Kier molecular flexibility index (Phi) is 7.67. The number of rotatable bonds is 8. The van der Waals surface area contributed by atoms with E-state index in [0.717, 1.165) is 45.3 Å². The standard InChI is InChI=1S/C30H36ClF2N5O3/c1-29(2)8-4-10-37(17-29)27-21-15-34-24(20-6-3-7-22(31)26(20)40-13-12-39)23(33)25(21)35-28(36-27)41-18-30-9-5-11-38(30)16-19(32)14-30/h3,6-7,15,19,39H,4-5,8-14,16-18H2,1-2H3/t19-,30+/m1/s1. The lowest BCUT2D eigenvalue weighted by atomic mass is 9.84. The summed E-state index contributed by atoms with van der Waals surface area (Å²) in [7, 11) is 0. The van der Waals surface area contributed by atoms with Gasteiger partial charge in [0.05, 0.1) is 22.6 Å². The molecule has 1 N–H and O–H groups in total. The number of benzene rings is 1. The number of aliphatic hydroxyl groups excluding tert-OH is 1. The Hall–Kier alpha value is -2.82. The predicted molar refractivity (Wildman–Crippen MR) is 154 cm³/mol. The van der Waals surface area contributed by atoms with Gasteiger partial charge in [-0.1, -0.05) is 31.5 Å². The van der Waals surface area contributed by atoms with Crippen molar-refractivity contribution in [1.29, 1.82) is 0 Å². The molecule has 11 heteroatoms. The summed E-state index contributed by atoms with van der Waals surface area (Å²) in [5.74, 6) is 0.169. The molecule has 2 aromatic heterocycles. The highest BCUT2D eigenvalue weighted by Gasteiger charge is 2.49. The minimum atomic E-state index is -0.881. The third kappa shape index (κ3) is 5.42. The van der Waals surface area contributed by atoms with Gasteiger partial charge in [-0.15, -0.1) is 0 Å². The fraction of sp³-hybridized carbons (Fsp3) is 0.567. The lowest BCUT2D eigenvalue weighted by Crippen LogP contribution is -2.43. The molecule has 0 spiro atoms. The summed E-state index contributed by atoms with van der Waals surface area (Å²) >= 11 is 6.38. The number of aliphatic hydroxyl groups is 1. The van der Waals surface area contributed by atoms with Crippen molar-refractivity contribution in [3.05, 3.63) is 35.2 Å². The molecule has 0 radical (unpaired) electrons. The van der Waals surface area contributed by atoms with E-state index in [9.17, 15) is 9.50 Å². The summed E-state index contributed by atoms with van der Waals surface area (Å²) in [5.41, 5.74) is 0.145. The van der Waals surface area contributed by atoms with Crippen LogP contribution in [-0.2, 0) is 0 Å². The number of nitrogens with zero attached hydrogens (tertiary/aromatic N) is 5. The van der Waals surface area contributed by atoms with Gasteiger partial charge in [-0.25, -0.2) is 8.78 Å².